The second-order valence-corrected chi connectivity index (χ2v) is 5.86. The van der Waals surface area contributed by atoms with E-state index in [0.717, 1.165) is 23.2 Å². The maximum atomic E-state index is 12.3. The molecule has 1 aromatic heterocycles. The average Bonchev–Trinajstić information content (AvgIpc) is 3.08. The normalized spacial score (nSPS) is 20.0. The van der Waals surface area contributed by atoms with E-state index < -0.39 is 5.54 Å². The fourth-order valence-corrected chi connectivity index (χ4v) is 3.73. The number of nitrogens with two attached hydrogens (primary N) is 1. The summed E-state index contributed by atoms with van der Waals surface area (Å²) in [6, 6.07) is 7.57. The number of amides is 1. The number of halogens is 1. The summed E-state index contributed by atoms with van der Waals surface area (Å²) >= 11 is 2.24. The zero-order chi connectivity index (χ0) is 15.0. The number of alkyl halides is 1. The van der Waals surface area contributed by atoms with E-state index in [-0.39, 0.29) is 5.91 Å². The lowest BCUT2D eigenvalue weighted by atomic mass is 9.83. The number of aryl methyl sites for hydroxylation is 1. The Balaban J connectivity index is 2.26. The third-order valence-corrected chi connectivity index (χ3v) is 4.92. The number of imidazole rings is 1. The van der Waals surface area contributed by atoms with Gasteiger partial charge in [-0.25, -0.2) is 4.98 Å². The van der Waals surface area contributed by atoms with Gasteiger partial charge in [-0.1, -0.05) is 28.7 Å². The molecule has 0 radical (unpaired) electrons. The van der Waals surface area contributed by atoms with Gasteiger partial charge in [0.1, 0.15) is 5.54 Å². The van der Waals surface area contributed by atoms with Gasteiger partial charge in [0.25, 0.3) is 0 Å². The van der Waals surface area contributed by atoms with Crippen LogP contribution in [0.5, 0.6) is 0 Å². The topological polar surface area (TPSA) is 84.7 Å². The molecule has 1 aromatic carbocycles. The van der Waals surface area contributed by atoms with E-state index in [9.17, 15) is 4.79 Å². The molecule has 5 nitrogen and oxygen atoms in total. The summed E-state index contributed by atoms with van der Waals surface area (Å²) in [5.41, 5.74) is 8.34. The molecule has 1 aliphatic rings. The fraction of sp³-hybridized carbons (Fsp3) is 0.267. The number of hydrogen-bond acceptors (Lipinski definition) is 3. The van der Waals surface area contributed by atoms with Crippen LogP contribution >= 0.6 is 22.6 Å². The first-order valence-corrected chi connectivity index (χ1v) is 8.07. The Kier molecular flexibility index (Phi) is 3.45. The molecule has 6 heteroatoms. The molecule has 106 valence electrons. The van der Waals surface area contributed by atoms with Gasteiger partial charge in [0.2, 0.25) is 5.91 Å². The number of aromatic nitrogens is 2. The molecule has 2 heterocycles. The molecule has 1 atom stereocenters. The van der Waals surface area contributed by atoms with Crippen LogP contribution in [0.3, 0.4) is 0 Å². The Hall–Kier alpha value is -1.88. The maximum absolute atomic E-state index is 12.3. The summed E-state index contributed by atoms with van der Waals surface area (Å²) in [5, 5.41) is 9.05. The first-order valence-electron chi connectivity index (χ1n) is 6.54. The quantitative estimate of drug-likeness (QED) is 0.639. The molecule has 1 amide bonds. The number of fused-ring (bicyclic) bond motifs is 1. The van der Waals surface area contributed by atoms with Gasteiger partial charge in [-0.05, 0) is 36.1 Å². The molecule has 2 aromatic rings. The van der Waals surface area contributed by atoms with Crippen LogP contribution in [0.25, 0.3) is 0 Å². The zero-order valence-corrected chi connectivity index (χ0v) is 13.4. The smallest absolute Gasteiger partial charge is 0.248 e. The van der Waals surface area contributed by atoms with Gasteiger partial charge in [0.05, 0.1) is 18.0 Å². The number of rotatable bonds is 3. The molecule has 21 heavy (non-hydrogen) atoms. The van der Waals surface area contributed by atoms with Crippen molar-refractivity contribution in [3.63, 3.8) is 0 Å². The van der Waals surface area contributed by atoms with Crippen LogP contribution in [0.15, 0.2) is 30.7 Å². The minimum atomic E-state index is -0.889. The fourth-order valence-electron chi connectivity index (χ4n) is 3.10. The van der Waals surface area contributed by atoms with E-state index in [1.807, 2.05) is 16.7 Å². The molecule has 0 bridgehead atoms. The third-order valence-electron chi connectivity index (χ3n) is 4.10. The number of nitrogens with zero attached hydrogens (tertiary/aromatic N) is 3. The molecular weight excluding hydrogens is 379 g/mol. The number of carbonyl (C=O) groups is 1. The Morgan fingerprint density at radius 3 is 3.05 bits per heavy atom. The standard InChI is InChI=1S/C15H13IN4O/c16-6-11-5-10(7-17)1-2-13(11)15(14(18)21)4-3-12-8-19-9-20(12)15/h1-2,5,8-9H,3-4,6H2,(H2,18,21). The summed E-state index contributed by atoms with van der Waals surface area (Å²) in [4.78, 5) is 16.5. The van der Waals surface area contributed by atoms with E-state index in [1.54, 1.807) is 18.6 Å². The highest BCUT2D eigenvalue weighted by Gasteiger charge is 2.46. The van der Waals surface area contributed by atoms with Crippen molar-refractivity contribution in [3.05, 3.63) is 53.1 Å². The number of benzene rings is 1. The van der Waals surface area contributed by atoms with Crippen molar-refractivity contribution in [2.24, 2.45) is 5.73 Å². The van der Waals surface area contributed by atoms with Gasteiger partial charge in [-0.2, -0.15) is 5.26 Å². The number of nitriles is 1. The van der Waals surface area contributed by atoms with Crippen LogP contribution in [-0.2, 0) is 21.2 Å². The largest absolute Gasteiger partial charge is 0.367 e. The third kappa shape index (κ3) is 1.95. The van der Waals surface area contributed by atoms with Crippen molar-refractivity contribution < 1.29 is 4.79 Å². The van der Waals surface area contributed by atoms with Gasteiger partial charge < -0.3 is 10.3 Å². The number of carbonyl (C=O) groups excluding carboxylic acids is 1. The molecule has 1 unspecified atom stereocenters. The zero-order valence-electron chi connectivity index (χ0n) is 11.2. The number of hydrogen-bond donors (Lipinski definition) is 1. The van der Waals surface area contributed by atoms with Crippen molar-refractivity contribution in [2.75, 3.05) is 0 Å². The summed E-state index contributed by atoms with van der Waals surface area (Å²) in [6.45, 7) is 0. The maximum Gasteiger partial charge on any atom is 0.248 e. The van der Waals surface area contributed by atoms with Gasteiger partial charge >= 0.3 is 0 Å². The predicted octanol–water partition coefficient (Wildman–Crippen LogP) is 1.86. The van der Waals surface area contributed by atoms with Gasteiger partial charge in [0, 0.05) is 16.3 Å². The molecule has 0 aliphatic carbocycles. The van der Waals surface area contributed by atoms with Gasteiger partial charge in [-0.15, -0.1) is 0 Å². The lowest BCUT2D eigenvalue weighted by molar-refractivity contribution is -0.124. The summed E-state index contributed by atoms with van der Waals surface area (Å²) in [6.07, 6.45) is 4.85. The first kappa shape index (κ1) is 14.1. The molecule has 1 aliphatic heterocycles. The molecule has 2 N–H and O–H groups in total. The van der Waals surface area contributed by atoms with E-state index in [4.69, 9.17) is 11.0 Å². The molecule has 0 saturated carbocycles. The predicted molar refractivity (Wildman–Crippen MR) is 85.7 cm³/mol. The highest BCUT2D eigenvalue weighted by molar-refractivity contribution is 14.1. The van der Waals surface area contributed by atoms with Crippen molar-refractivity contribution in [1.29, 1.82) is 5.26 Å². The van der Waals surface area contributed by atoms with Crippen LogP contribution in [0.1, 0.15) is 28.8 Å². The first-order chi connectivity index (χ1) is 10.1. The van der Waals surface area contributed by atoms with E-state index in [0.29, 0.717) is 16.4 Å². The van der Waals surface area contributed by atoms with E-state index in [1.165, 1.54) is 0 Å². The van der Waals surface area contributed by atoms with Crippen LogP contribution in [0.2, 0.25) is 0 Å². The molecule has 0 fully saturated rings. The van der Waals surface area contributed by atoms with Gasteiger partial charge in [0.15, 0.2) is 0 Å². The number of primary amides is 1. The Morgan fingerprint density at radius 1 is 1.57 bits per heavy atom. The van der Waals surface area contributed by atoms with Gasteiger partial charge in [-0.3, -0.25) is 4.79 Å². The van der Waals surface area contributed by atoms with Crippen molar-refractivity contribution in [2.45, 2.75) is 22.8 Å². The Bertz CT molecular complexity index is 761. The van der Waals surface area contributed by atoms with Crippen LogP contribution < -0.4 is 5.73 Å². The Morgan fingerprint density at radius 2 is 2.38 bits per heavy atom. The second-order valence-electron chi connectivity index (χ2n) is 5.10. The van der Waals surface area contributed by atoms with Crippen molar-refractivity contribution >= 4 is 28.5 Å². The van der Waals surface area contributed by atoms with E-state index >= 15 is 0 Å². The van der Waals surface area contributed by atoms with Crippen LogP contribution in [-0.4, -0.2) is 15.5 Å². The summed E-state index contributed by atoms with van der Waals surface area (Å²) in [7, 11) is 0. The lowest BCUT2D eigenvalue weighted by Crippen LogP contribution is -2.45. The minimum Gasteiger partial charge on any atom is -0.367 e. The SMILES string of the molecule is N#Cc1ccc(C2(C(N)=O)CCc3cncn32)c(CI)c1. The lowest BCUT2D eigenvalue weighted by Gasteiger charge is -2.30. The molecule has 3 rings (SSSR count). The van der Waals surface area contributed by atoms with E-state index in [2.05, 4.69) is 33.6 Å². The molecule has 0 spiro atoms. The summed E-state index contributed by atoms with van der Waals surface area (Å²) < 4.78 is 2.59. The molecule has 0 saturated heterocycles. The highest BCUT2D eigenvalue weighted by Crippen LogP contribution is 2.40. The highest BCUT2D eigenvalue weighted by atomic mass is 127. The summed E-state index contributed by atoms with van der Waals surface area (Å²) in [5.74, 6) is -0.380. The Labute approximate surface area is 135 Å². The van der Waals surface area contributed by atoms with Crippen molar-refractivity contribution in [3.8, 4) is 6.07 Å². The molecular formula is C15H13IN4O. The van der Waals surface area contributed by atoms with Crippen LogP contribution in [0, 0.1) is 11.3 Å². The average molecular weight is 392 g/mol. The van der Waals surface area contributed by atoms with Crippen LogP contribution in [0.4, 0.5) is 0 Å². The second kappa shape index (κ2) is 5.15. The monoisotopic (exact) mass is 392 g/mol. The van der Waals surface area contributed by atoms with Crippen molar-refractivity contribution in [1.82, 2.24) is 9.55 Å². The minimum absolute atomic E-state index is 0.380.